The van der Waals surface area contributed by atoms with Gasteiger partial charge in [-0.1, -0.05) is 12.1 Å². The van der Waals surface area contributed by atoms with Gasteiger partial charge in [0.25, 0.3) is 0 Å². The molecule has 0 amide bonds. The first-order valence-electron chi connectivity index (χ1n) is 4.98. The summed E-state index contributed by atoms with van der Waals surface area (Å²) < 4.78 is 27.1. The van der Waals surface area contributed by atoms with Crippen LogP contribution in [0.3, 0.4) is 0 Å². The summed E-state index contributed by atoms with van der Waals surface area (Å²) in [6, 6.07) is 4.42. The number of hydrogen-bond donors (Lipinski definition) is 0. The monoisotopic (exact) mass is 233 g/mol. The van der Waals surface area contributed by atoms with Crippen LogP contribution in [0, 0.1) is 18.6 Å². The van der Waals surface area contributed by atoms with E-state index in [9.17, 15) is 13.6 Å². The Labute approximate surface area is 96.9 Å². The number of nitrogens with zero attached hydrogens (tertiary/aromatic N) is 1. The molecule has 0 unspecified atom stereocenters. The number of benzene rings is 1. The molecule has 2 rings (SSSR count). The van der Waals surface area contributed by atoms with E-state index in [0.717, 1.165) is 0 Å². The lowest BCUT2D eigenvalue weighted by Crippen LogP contribution is -1.94. The molecule has 0 bridgehead atoms. The minimum Gasteiger partial charge on any atom is -0.298 e. The molecule has 0 aliphatic rings. The van der Waals surface area contributed by atoms with Gasteiger partial charge in [0.1, 0.15) is 0 Å². The summed E-state index contributed by atoms with van der Waals surface area (Å²) in [6.45, 7) is 1.49. The number of pyridine rings is 1. The highest BCUT2D eigenvalue weighted by molar-refractivity contribution is 5.78. The van der Waals surface area contributed by atoms with Crippen molar-refractivity contribution in [3.05, 3.63) is 53.4 Å². The van der Waals surface area contributed by atoms with Gasteiger partial charge in [-0.15, -0.1) is 0 Å². The second-order valence-corrected chi connectivity index (χ2v) is 3.68. The molecule has 0 saturated carbocycles. The number of aldehydes is 1. The molecule has 2 nitrogen and oxygen atoms in total. The number of aryl methyl sites for hydroxylation is 1. The number of hydrogen-bond acceptors (Lipinski definition) is 2. The zero-order chi connectivity index (χ0) is 12.4. The molecule has 0 fully saturated rings. The van der Waals surface area contributed by atoms with Crippen molar-refractivity contribution in [3.63, 3.8) is 0 Å². The van der Waals surface area contributed by atoms with Crippen LogP contribution in [0.15, 0.2) is 30.6 Å². The largest absolute Gasteiger partial charge is 0.298 e. The Bertz CT molecular complexity index is 582. The molecule has 1 heterocycles. The van der Waals surface area contributed by atoms with Crippen molar-refractivity contribution in [2.45, 2.75) is 6.92 Å². The minimum absolute atomic E-state index is 0.101. The Morgan fingerprint density at radius 1 is 1.18 bits per heavy atom. The van der Waals surface area contributed by atoms with Gasteiger partial charge in [0.2, 0.25) is 0 Å². The third-order valence-electron chi connectivity index (χ3n) is 2.48. The van der Waals surface area contributed by atoms with Crippen LogP contribution in [0.25, 0.3) is 11.1 Å². The Hall–Kier alpha value is -2.10. The first-order valence-corrected chi connectivity index (χ1v) is 4.98. The molecule has 1 aromatic carbocycles. The first-order chi connectivity index (χ1) is 8.13. The van der Waals surface area contributed by atoms with Crippen molar-refractivity contribution in [2.24, 2.45) is 0 Å². The molecule has 2 aromatic rings. The summed E-state index contributed by atoms with van der Waals surface area (Å²) in [5.41, 5.74) is 1.05. The summed E-state index contributed by atoms with van der Waals surface area (Å²) in [6.07, 6.45) is 3.36. The Balaban J connectivity index is 2.60. The van der Waals surface area contributed by atoms with Crippen LogP contribution < -0.4 is 0 Å². The average molecular weight is 233 g/mol. The van der Waals surface area contributed by atoms with Gasteiger partial charge in [0.15, 0.2) is 17.9 Å². The molecule has 4 heteroatoms. The van der Waals surface area contributed by atoms with Gasteiger partial charge in [-0.2, -0.15) is 0 Å². The molecule has 17 heavy (non-hydrogen) atoms. The number of carbonyl (C=O) groups excluding carboxylic acids is 1. The maximum atomic E-state index is 13.7. The fraction of sp³-hybridized carbons (Fsp3) is 0.0769. The number of halogens is 2. The summed E-state index contributed by atoms with van der Waals surface area (Å²) in [4.78, 5) is 14.4. The normalized spacial score (nSPS) is 10.3. The van der Waals surface area contributed by atoms with Crippen molar-refractivity contribution in [1.82, 2.24) is 4.98 Å². The SMILES string of the molecule is Cc1ccc(-c2cncc(C=O)c2)c(F)c1F. The van der Waals surface area contributed by atoms with Crippen molar-refractivity contribution in [3.8, 4) is 11.1 Å². The molecule has 0 atom stereocenters. The molecule has 0 aliphatic carbocycles. The Morgan fingerprint density at radius 3 is 2.65 bits per heavy atom. The Morgan fingerprint density at radius 2 is 1.94 bits per heavy atom. The molecular formula is C13H9F2NO. The molecule has 86 valence electrons. The number of carbonyl (C=O) groups is 1. The van der Waals surface area contributed by atoms with Crippen LogP contribution in [-0.2, 0) is 0 Å². The fourth-order valence-electron chi connectivity index (χ4n) is 1.54. The van der Waals surface area contributed by atoms with Gasteiger partial charge in [-0.25, -0.2) is 8.78 Å². The fourth-order valence-corrected chi connectivity index (χ4v) is 1.54. The highest BCUT2D eigenvalue weighted by atomic mass is 19.2. The summed E-state index contributed by atoms with van der Waals surface area (Å²) >= 11 is 0. The lowest BCUT2D eigenvalue weighted by Gasteiger charge is -2.06. The van der Waals surface area contributed by atoms with E-state index in [0.29, 0.717) is 17.4 Å². The van der Waals surface area contributed by atoms with E-state index >= 15 is 0 Å². The van der Waals surface area contributed by atoms with E-state index in [1.54, 1.807) is 0 Å². The van der Waals surface area contributed by atoms with Crippen LogP contribution in [0.5, 0.6) is 0 Å². The van der Waals surface area contributed by atoms with Crippen molar-refractivity contribution >= 4 is 6.29 Å². The van der Waals surface area contributed by atoms with E-state index in [1.807, 2.05) is 0 Å². The predicted octanol–water partition coefficient (Wildman–Crippen LogP) is 3.15. The summed E-state index contributed by atoms with van der Waals surface area (Å²) in [5.74, 6) is -1.80. The van der Waals surface area contributed by atoms with E-state index in [2.05, 4.69) is 4.98 Å². The molecule has 0 radical (unpaired) electrons. The van der Waals surface area contributed by atoms with E-state index in [1.165, 1.54) is 37.5 Å². The standard InChI is InChI=1S/C13H9F2NO/c1-8-2-3-11(13(15)12(8)14)10-4-9(7-17)5-16-6-10/h2-7H,1H3. The number of rotatable bonds is 2. The lowest BCUT2D eigenvalue weighted by molar-refractivity contribution is 0.112. The second-order valence-electron chi connectivity index (χ2n) is 3.68. The average Bonchev–Trinajstić information content (AvgIpc) is 2.36. The highest BCUT2D eigenvalue weighted by Crippen LogP contribution is 2.25. The predicted molar refractivity (Wildman–Crippen MR) is 59.7 cm³/mol. The van der Waals surface area contributed by atoms with E-state index in [-0.39, 0.29) is 11.1 Å². The van der Waals surface area contributed by atoms with Gasteiger partial charge in [0, 0.05) is 29.1 Å². The van der Waals surface area contributed by atoms with E-state index in [4.69, 9.17) is 0 Å². The second kappa shape index (κ2) is 4.41. The molecular weight excluding hydrogens is 224 g/mol. The van der Waals surface area contributed by atoms with Crippen LogP contribution in [0.2, 0.25) is 0 Å². The van der Waals surface area contributed by atoms with Gasteiger partial charge in [-0.3, -0.25) is 9.78 Å². The topological polar surface area (TPSA) is 30.0 Å². The van der Waals surface area contributed by atoms with Crippen LogP contribution in [0.1, 0.15) is 15.9 Å². The minimum atomic E-state index is -0.921. The highest BCUT2D eigenvalue weighted by Gasteiger charge is 2.12. The molecule has 0 saturated heterocycles. The van der Waals surface area contributed by atoms with Crippen molar-refractivity contribution in [1.29, 1.82) is 0 Å². The van der Waals surface area contributed by atoms with E-state index < -0.39 is 11.6 Å². The summed E-state index contributed by atoms with van der Waals surface area (Å²) in [5, 5.41) is 0. The third kappa shape index (κ3) is 2.06. The number of aromatic nitrogens is 1. The maximum Gasteiger partial charge on any atom is 0.166 e. The van der Waals surface area contributed by atoms with Gasteiger partial charge in [0.05, 0.1) is 0 Å². The van der Waals surface area contributed by atoms with Crippen LogP contribution in [0.4, 0.5) is 8.78 Å². The van der Waals surface area contributed by atoms with Gasteiger partial charge >= 0.3 is 0 Å². The van der Waals surface area contributed by atoms with Crippen molar-refractivity contribution in [2.75, 3.05) is 0 Å². The van der Waals surface area contributed by atoms with Gasteiger partial charge < -0.3 is 0 Å². The zero-order valence-electron chi connectivity index (χ0n) is 9.08. The first kappa shape index (κ1) is 11.4. The quantitative estimate of drug-likeness (QED) is 0.746. The van der Waals surface area contributed by atoms with Crippen LogP contribution >= 0.6 is 0 Å². The Kier molecular flexibility index (Phi) is 2.95. The third-order valence-corrected chi connectivity index (χ3v) is 2.48. The maximum absolute atomic E-state index is 13.7. The lowest BCUT2D eigenvalue weighted by atomic mass is 10.0. The zero-order valence-corrected chi connectivity index (χ0v) is 9.08. The molecule has 0 aliphatic heterocycles. The van der Waals surface area contributed by atoms with Crippen molar-refractivity contribution < 1.29 is 13.6 Å². The smallest absolute Gasteiger partial charge is 0.166 e. The molecule has 0 spiro atoms. The van der Waals surface area contributed by atoms with Gasteiger partial charge in [-0.05, 0) is 18.6 Å². The molecule has 1 aromatic heterocycles. The molecule has 0 N–H and O–H groups in total. The summed E-state index contributed by atoms with van der Waals surface area (Å²) in [7, 11) is 0. The van der Waals surface area contributed by atoms with Crippen LogP contribution in [-0.4, -0.2) is 11.3 Å².